The summed E-state index contributed by atoms with van der Waals surface area (Å²) in [4.78, 5) is 57.5. The van der Waals surface area contributed by atoms with Gasteiger partial charge in [0.25, 0.3) is 5.91 Å². The van der Waals surface area contributed by atoms with Crippen molar-refractivity contribution >= 4 is 69.5 Å². The van der Waals surface area contributed by atoms with Crippen molar-refractivity contribution in [2.75, 3.05) is 30.9 Å². The molecule has 1 aromatic heterocycles. The molecule has 0 spiro atoms. The molecule has 12 nitrogen and oxygen atoms in total. The SMILES string of the molecule is CSC1(C(=O)O)CS[C@@H]2C(NC(=O)C(=NOCC(=O)O)c3csc(N)n3)C(=O)N2C1. The number of nitrogens with one attached hydrogen (secondary N) is 1. The zero-order valence-electron chi connectivity index (χ0n) is 15.4. The molecule has 2 unspecified atom stereocenters. The van der Waals surface area contributed by atoms with Crippen molar-refractivity contribution in [3.8, 4) is 0 Å². The molecule has 162 valence electrons. The highest BCUT2D eigenvalue weighted by Gasteiger charge is 2.57. The molecule has 2 aliphatic rings. The minimum absolute atomic E-state index is 0.0393. The molecule has 15 heteroatoms. The predicted octanol–water partition coefficient (Wildman–Crippen LogP) is -0.883. The van der Waals surface area contributed by atoms with E-state index in [2.05, 4.69) is 20.3 Å². The van der Waals surface area contributed by atoms with Gasteiger partial charge in [-0.1, -0.05) is 5.16 Å². The number of thiazole rings is 1. The number of hydrogen-bond donors (Lipinski definition) is 4. The van der Waals surface area contributed by atoms with E-state index in [0.717, 1.165) is 11.3 Å². The van der Waals surface area contributed by atoms with Gasteiger partial charge in [0.15, 0.2) is 10.8 Å². The van der Waals surface area contributed by atoms with Gasteiger partial charge in [0.2, 0.25) is 12.5 Å². The summed E-state index contributed by atoms with van der Waals surface area (Å²) < 4.78 is -1.10. The van der Waals surface area contributed by atoms with Crippen LogP contribution in [-0.2, 0) is 24.0 Å². The Kier molecular flexibility index (Phi) is 6.42. The standard InChI is InChI=1S/C15H17N5O7S3/c1-28-15(13(25)26)4-20-11(24)9(12(20)30-5-15)18-10(23)8(19-27-2-7(21)22)6-3-29-14(16)17-6/h3,9,12H,2,4-5H2,1H3,(H2,16,17)(H,18,23)(H,21,22)(H,25,26)/t9?,12-,15?/m1/s1. The maximum atomic E-state index is 12.7. The van der Waals surface area contributed by atoms with E-state index in [9.17, 15) is 24.3 Å². The van der Waals surface area contributed by atoms with Crippen molar-refractivity contribution in [2.24, 2.45) is 5.16 Å². The molecule has 30 heavy (non-hydrogen) atoms. The van der Waals surface area contributed by atoms with Crippen molar-refractivity contribution in [2.45, 2.75) is 16.2 Å². The maximum Gasteiger partial charge on any atom is 0.344 e. The van der Waals surface area contributed by atoms with Crippen LogP contribution in [0.3, 0.4) is 0 Å². The van der Waals surface area contributed by atoms with Gasteiger partial charge in [-0.3, -0.25) is 14.4 Å². The number of nitrogens with zero attached hydrogens (tertiary/aromatic N) is 3. The number of thioether (sulfide) groups is 2. The van der Waals surface area contributed by atoms with E-state index in [4.69, 9.17) is 10.8 Å². The van der Waals surface area contributed by atoms with E-state index >= 15 is 0 Å². The third-order valence-electron chi connectivity index (χ3n) is 4.45. The Morgan fingerprint density at radius 2 is 2.23 bits per heavy atom. The molecule has 0 aromatic carbocycles. The van der Waals surface area contributed by atoms with Gasteiger partial charge in [0.05, 0.1) is 0 Å². The van der Waals surface area contributed by atoms with Gasteiger partial charge < -0.3 is 31.0 Å². The second-order valence-electron chi connectivity index (χ2n) is 6.30. The van der Waals surface area contributed by atoms with Crippen LogP contribution < -0.4 is 11.1 Å². The normalized spacial score (nSPS) is 25.8. The maximum absolute atomic E-state index is 12.7. The predicted molar refractivity (Wildman–Crippen MR) is 110 cm³/mol. The van der Waals surface area contributed by atoms with Crippen LogP contribution in [-0.4, -0.2) is 90.9 Å². The molecule has 3 atom stereocenters. The highest BCUT2D eigenvalue weighted by molar-refractivity contribution is 8.04. The highest BCUT2D eigenvalue weighted by Crippen LogP contribution is 2.43. The summed E-state index contributed by atoms with van der Waals surface area (Å²) in [6, 6.07) is -0.878. The number of aliphatic carboxylic acids is 2. The van der Waals surface area contributed by atoms with Gasteiger partial charge in [0.1, 0.15) is 21.9 Å². The molecule has 0 bridgehead atoms. The summed E-state index contributed by atoms with van der Waals surface area (Å²) in [5.74, 6) is -3.20. The van der Waals surface area contributed by atoms with Crippen LogP contribution >= 0.6 is 34.9 Å². The fourth-order valence-electron chi connectivity index (χ4n) is 2.85. The lowest BCUT2D eigenvalue weighted by molar-refractivity contribution is -0.151. The molecule has 2 fully saturated rings. The smallest absolute Gasteiger partial charge is 0.344 e. The lowest BCUT2D eigenvalue weighted by atomic mass is 10.0. The van der Waals surface area contributed by atoms with Crippen molar-refractivity contribution in [3.63, 3.8) is 0 Å². The number of β-lactam (4-membered cyclic amide) rings is 1. The molecule has 3 heterocycles. The minimum atomic E-state index is -1.28. The molecule has 2 amide bonds. The highest BCUT2D eigenvalue weighted by atomic mass is 32.2. The molecule has 1 aromatic rings. The number of carbonyl (C=O) groups excluding carboxylic acids is 2. The molecule has 0 aliphatic carbocycles. The number of carboxylic acids is 2. The van der Waals surface area contributed by atoms with Crippen molar-refractivity contribution in [1.82, 2.24) is 15.2 Å². The summed E-state index contributed by atoms with van der Waals surface area (Å²) in [6.07, 6.45) is 1.68. The van der Waals surface area contributed by atoms with Crippen molar-refractivity contribution in [3.05, 3.63) is 11.1 Å². The second kappa shape index (κ2) is 8.69. The molecule has 2 aliphatic heterocycles. The number of anilines is 1. The topological polar surface area (TPSA) is 185 Å². The number of rotatable bonds is 8. The van der Waals surface area contributed by atoms with Crippen LogP contribution in [0.2, 0.25) is 0 Å². The number of amides is 2. The van der Waals surface area contributed by atoms with Gasteiger partial charge in [-0.15, -0.1) is 34.9 Å². The minimum Gasteiger partial charge on any atom is -0.480 e. The third-order valence-corrected chi connectivity index (χ3v) is 8.06. The van der Waals surface area contributed by atoms with Gasteiger partial charge in [-0.2, -0.15) is 0 Å². The number of carboxylic acid groups (broad SMARTS) is 2. The van der Waals surface area contributed by atoms with Crippen LogP contribution in [0.15, 0.2) is 10.5 Å². The third kappa shape index (κ3) is 4.17. The Morgan fingerprint density at radius 3 is 2.80 bits per heavy atom. The van der Waals surface area contributed by atoms with Gasteiger partial charge in [-0.25, -0.2) is 9.78 Å². The lowest BCUT2D eigenvalue weighted by Crippen LogP contribution is -2.74. The van der Waals surface area contributed by atoms with E-state index in [0.29, 0.717) is 0 Å². The Labute approximate surface area is 182 Å². The quantitative estimate of drug-likeness (QED) is 0.208. The molecular weight excluding hydrogens is 458 g/mol. The monoisotopic (exact) mass is 475 g/mol. The average Bonchev–Trinajstić information content (AvgIpc) is 3.14. The van der Waals surface area contributed by atoms with Crippen LogP contribution in [0.25, 0.3) is 0 Å². The van der Waals surface area contributed by atoms with Gasteiger partial charge in [-0.05, 0) is 6.26 Å². The summed E-state index contributed by atoms with van der Waals surface area (Å²) in [5.41, 5.74) is 5.33. The summed E-state index contributed by atoms with van der Waals surface area (Å²) in [5, 5.41) is 25.5. The largest absolute Gasteiger partial charge is 0.480 e. The van der Waals surface area contributed by atoms with Gasteiger partial charge in [0, 0.05) is 17.7 Å². The first kappa shape index (κ1) is 22.2. The van der Waals surface area contributed by atoms with Crippen molar-refractivity contribution < 1.29 is 34.2 Å². The fourth-order valence-corrected chi connectivity index (χ4v) is 5.91. The van der Waals surface area contributed by atoms with E-state index in [1.165, 1.54) is 33.8 Å². The van der Waals surface area contributed by atoms with Crippen LogP contribution in [0.5, 0.6) is 0 Å². The van der Waals surface area contributed by atoms with E-state index in [1.807, 2.05) is 0 Å². The molecule has 0 radical (unpaired) electrons. The summed E-state index contributed by atoms with van der Waals surface area (Å²) in [6.45, 7) is -0.728. The van der Waals surface area contributed by atoms with E-state index in [1.54, 1.807) is 6.26 Å². The number of carbonyl (C=O) groups is 4. The number of aromatic nitrogens is 1. The number of nitrogen functional groups attached to an aromatic ring is 1. The summed E-state index contributed by atoms with van der Waals surface area (Å²) >= 11 is 3.49. The Hall–Kier alpha value is -2.52. The molecule has 5 N–H and O–H groups in total. The first-order valence-electron chi connectivity index (χ1n) is 8.33. The van der Waals surface area contributed by atoms with Crippen LogP contribution in [0.1, 0.15) is 5.69 Å². The second-order valence-corrected chi connectivity index (χ2v) is 9.48. The molecule has 3 rings (SSSR count). The lowest BCUT2D eigenvalue weighted by Gasteiger charge is -2.53. The molecular formula is C15H17N5O7S3. The van der Waals surface area contributed by atoms with E-state index in [-0.39, 0.29) is 28.8 Å². The first-order valence-corrected chi connectivity index (χ1v) is 11.5. The Balaban J connectivity index is 1.72. The number of nitrogens with two attached hydrogens (primary N) is 1. The number of hydrogen-bond acceptors (Lipinski definition) is 11. The Morgan fingerprint density at radius 1 is 1.50 bits per heavy atom. The first-order chi connectivity index (χ1) is 14.2. The Bertz CT molecular complexity index is 922. The fraction of sp³-hybridized carbons (Fsp3) is 0.467. The average molecular weight is 476 g/mol. The van der Waals surface area contributed by atoms with E-state index < -0.39 is 46.5 Å². The molecule has 0 saturated carbocycles. The van der Waals surface area contributed by atoms with Gasteiger partial charge >= 0.3 is 11.9 Å². The van der Waals surface area contributed by atoms with Crippen LogP contribution in [0.4, 0.5) is 5.13 Å². The van der Waals surface area contributed by atoms with Crippen molar-refractivity contribution in [1.29, 1.82) is 0 Å². The zero-order chi connectivity index (χ0) is 22.1. The van der Waals surface area contributed by atoms with Crippen LogP contribution in [0, 0.1) is 0 Å². The molecule has 2 saturated heterocycles. The number of oxime groups is 1. The zero-order valence-corrected chi connectivity index (χ0v) is 17.9. The number of fused-ring (bicyclic) bond motifs is 1. The summed E-state index contributed by atoms with van der Waals surface area (Å²) in [7, 11) is 0.